The Bertz CT molecular complexity index is 901. The molecule has 23 heavy (non-hydrogen) atoms. The number of fused-ring (bicyclic) bond motifs is 1. The van der Waals surface area contributed by atoms with Crippen molar-refractivity contribution in [2.24, 2.45) is 0 Å². The van der Waals surface area contributed by atoms with E-state index in [1.165, 1.54) is 0 Å². The number of nitrogens with one attached hydrogen (secondary N) is 1. The molecule has 0 aliphatic heterocycles. The van der Waals surface area contributed by atoms with Crippen LogP contribution in [0.2, 0.25) is 0 Å². The maximum Gasteiger partial charge on any atom is 0.222 e. The summed E-state index contributed by atoms with van der Waals surface area (Å²) in [6.45, 7) is 0. The molecule has 0 bridgehead atoms. The number of rotatable bonds is 5. The molecule has 0 fully saturated rings. The van der Waals surface area contributed by atoms with E-state index in [2.05, 4.69) is 9.71 Å². The zero-order chi connectivity index (χ0) is 16.2. The molecule has 0 atom stereocenters. The summed E-state index contributed by atoms with van der Waals surface area (Å²) in [5, 5.41) is 1.04. The summed E-state index contributed by atoms with van der Waals surface area (Å²) < 4.78 is 28.9. The van der Waals surface area contributed by atoms with Crippen molar-refractivity contribution in [1.82, 2.24) is 4.98 Å². The fourth-order valence-electron chi connectivity index (χ4n) is 2.15. The van der Waals surface area contributed by atoms with E-state index in [9.17, 15) is 8.42 Å². The number of aromatic nitrogens is 1. The molecule has 1 aromatic heterocycles. The first-order valence-corrected chi connectivity index (χ1v) is 8.77. The Kier molecular flexibility index (Phi) is 4.68. The first kappa shape index (κ1) is 15.6. The summed E-state index contributed by atoms with van der Waals surface area (Å²) >= 11 is 1.60. The quantitative estimate of drug-likeness (QED) is 0.694. The highest BCUT2D eigenvalue weighted by Crippen LogP contribution is 2.34. The molecule has 0 amide bonds. The fourth-order valence-corrected chi connectivity index (χ4v) is 3.44. The third-order valence-corrected chi connectivity index (χ3v) is 4.74. The lowest BCUT2D eigenvalue weighted by Crippen LogP contribution is -1.93. The van der Waals surface area contributed by atoms with Gasteiger partial charge in [-0.1, -0.05) is 11.8 Å². The van der Waals surface area contributed by atoms with E-state index in [1.54, 1.807) is 37.2 Å². The van der Waals surface area contributed by atoms with Crippen LogP contribution in [0.5, 0.6) is 5.75 Å². The summed E-state index contributed by atoms with van der Waals surface area (Å²) in [6, 6.07) is 15.0. The second-order valence-electron chi connectivity index (χ2n) is 4.69. The van der Waals surface area contributed by atoms with Gasteiger partial charge in [-0.2, -0.15) is 0 Å². The third-order valence-electron chi connectivity index (χ3n) is 3.21. The topological polar surface area (TPSA) is 68.3 Å². The lowest BCUT2D eigenvalue weighted by Gasteiger charge is -2.08. The van der Waals surface area contributed by atoms with Gasteiger partial charge in [-0.25, -0.2) is 8.42 Å². The number of pyridine rings is 1. The Morgan fingerprint density at radius 3 is 2.57 bits per heavy atom. The van der Waals surface area contributed by atoms with Gasteiger partial charge in [0.25, 0.3) is 0 Å². The van der Waals surface area contributed by atoms with Gasteiger partial charge >= 0.3 is 0 Å². The van der Waals surface area contributed by atoms with Crippen LogP contribution < -0.4 is 9.46 Å². The van der Waals surface area contributed by atoms with E-state index in [4.69, 9.17) is 4.74 Å². The van der Waals surface area contributed by atoms with E-state index in [1.807, 2.05) is 36.4 Å². The van der Waals surface area contributed by atoms with Gasteiger partial charge in [0.15, 0.2) is 0 Å². The molecule has 3 rings (SSSR count). The zero-order valence-corrected chi connectivity index (χ0v) is 13.9. The average Bonchev–Trinajstić information content (AvgIpc) is 2.56. The number of ether oxygens (including phenoxy) is 1. The molecule has 7 heteroatoms. The van der Waals surface area contributed by atoms with Crippen LogP contribution in [-0.4, -0.2) is 20.5 Å². The first-order valence-electron chi connectivity index (χ1n) is 6.77. The summed E-state index contributed by atoms with van der Waals surface area (Å²) in [5.74, 6) is 0.773. The molecule has 0 saturated carbocycles. The van der Waals surface area contributed by atoms with Gasteiger partial charge in [-0.15, -0.1) is 0 Å². The van der Waals surface area contributed by atoms with Gasteiger partial charge in [0.1, 0.15) is 5.75 Å². The molecule has 0 spiro atoms. The van der Waals surface area contributed by atoms with Crippen molar-refractivity contribution in [2.75, 3.05) is 11.8 Å². The van der Waals surface area contributed by atoms with Crippen molar-refractivity contribution >= 4 is 39.2 Å². The smallest absolute Gasteiger partial charge is 0.222 e. The summed E-state index contributed by atoms with van der Waals surface area (Å²) in [4.78, 5) is 6.46. The zero-order valence-electron chi connectivity index (χ0n) is 12.2. The van der Waals surface area contributed by atoms with Gasteiger partial charge in [0.2, 0.25) is 10.9 Å². The van der Waals surface area contributed by atoms with Crippen LogP contribution in [0, 0.1) is 0 Å². The van der Waals surface area contributed by atoms with Crippen molar-refractivity contribution in [1.29, 1.82) is 0 Å². The maximum absolute atomic E-state index is 10.6. The molecule has 2 aromatic carbocycles. The minimum atomic E-state index is -2.64. The molecule has 0 saturated heterocycles. The molecule has 3 aromatic rings. The van der Waals surface area contributed by atoms with Crippen molar-refractivity contribution in [3.63, 3.8) is 0 Å². The number of methoxy groups -OCH3 is 1. The van der Waals surface area contributed by atoms with E-state index in [0.29, 0.717) is 5.69 Å². The largest absolute Gasteiger partial charge is 0.497 e. The molecule has 0 aliphatic carbocycles. The number of hydrogen-bond acceptors (Lipinski definition) is 5. The molecule has 5 nitrogen and oxygen atoms in total. The van der Waals surface area contributed by atoms with Crippen LogP contribution in [0.25, 0.3) is 10.9 Å². The highest BCUT2D eigenvalue weighted by atomic mass is 32.2. The van der Waals surface area contributed by atoms with Crippen LogP contribution in [0.15, 0.2) is 64.5 Å². The minimum Gasteiger partial charge on any atom is -0.497 e. The van der Waals surface area contributed by atoms with Gasteiger partial charge in [0, 0.05) is 33.1 Å². The highest BCUT2D eigenvalue weighted by molar-refractivity contribution is 7.99. The average molecular weight is 346 g/mol. The number of nitrogens with zero attached hydrogens (tertiary/aromatic N) is 1. The van der Waals surface area contributed by atoms with Crippen LogP contribution >= 0.6 is 11.8 Å². The monoisotopic (exact) mass is 346 g/mol. The first-order chi connectivity index (χ1) is 11.2. The Morgan fingerprint density at radius 2 is 1.87 bits per heavy atom. The van der Waals surface area contributed by atoms with Gasteiger partial charge in [-0.3, -0.25) is 9.71 Å². The fraction of sp³-hybridized carbons (Fsp3) is 0.0625. The third kappa shape index (κ3) is 3.75. The predicted octanol–water partition coefficient (Wildman–Crippen LogP) is 3.33. The molecule has 1 heterocycles. The number of hydrogen-bond donors (Lipinski definition) is 2. The summed E-state index contributed by atoms with van der Waals surface area (Å²) in [6.07, 6.45) is 1.77. The van der Waals surface area contributed by atoms with E-state index < -0.39 is 10.9 Å². The standard InChI is InChI=1S/C16H14N2O3S2/c1-21-12-4-7-14-15(10-12)17-9-8-16(14)22-13-5-2-11(3-6-13)18-23(19)20/h2-10,23H,1H3,(H,18,19,20). The Labute approximate surface area is 139 Å². The highest BCUT2D eigenvalue weighted by Gasteiger charge is 2.05. The Balaban J connectivity index is 1.89. The number of thiol groups is 1. The molecule has 0 radical (unpaired) electrons. The van der Waals surface area contributed by atoms with Crippen molar-refractivity contribution in [3.8, 4) is 5.75 Å². The van der Waals surface area contributed by atoms with Crippen LogP contribution in [-0.2, 0) is 10.9 Å². The summed E-state index contributed by atoms with van der Waals surface area (Å²) in [5.41, 5.74) is 1.42. The normalized spacial score (nSPS) is 10.9. The Hall–Kier alpha value is -2.25. The SMILES string of the molecule is COc1ccc2c(Sc3ccc(N[SH](=O)=O)cc3)ccnc2c1. The molecule has 0 aliphatic rings. The maximum atomic E-state index is 10.6. The minimum absolute atomic E-state index is 0.551. The molecule has 118 valence electrons. The molecule has 1 N–H and O–H groups in total. The van der Waals surface area contributed by atoms with Gasteiger partial charge < -0.3 is 4.74 Å². The Morgan fingerprint density at radius 1 is 1.09 bits per heavy atom. The molecular weight excluding hydrogens is 332 g/mol. The lowest BCUT2D eigenvalue weighted by molar-refractivity contribution is 0.415. The summed E-state index contributed by atoms with van der Waals surface area (Å²) in [7, 11) is -1.01. The van der Waals surface area contributed by atoms with Crippen molar-refractivity contribution in [2.45, 2.75) is 9.79 Å². The molecule has 0 unspecified atom stereocenters. The molecular formula is C16H14N2O3S2. The van der Waals surface area contributed by atoms with E-state index >= 15 is 0 Å². The second kappa shape index (κ2) is 6.89. The van der Waals surface area contributed by atoms with E-state index in [-0.39, 0.29) is 0 Å². The van der Waals surface area contributed by atoms with Crippen LogP contribution in [0.3, 0.4) is 0 Å². The van der Waals surface area contributed by atoms with E-state index in [0.717, 1.165) is 26.4 Å². The van der Waals surface area contributed by atoms with Crippen LogP contribution in [0.1, 0.15) is 0 Å². The van der Waals surface area contributed by atoms with Gasteiger partial charge in [-0.05, 0) is 42.5 Å². The van der Waals surface area contributed by atoms with Crippen molar-refractivity contribution < 1.29 is 13.2 Å². The number of anilines is 1. The van der Waals surface area contributed by atoms with Crippen molar-refractivity contribution in [3.05, 3.63) is 54.7 Å². The second-order valence-corrected chi connectivity index (χ2v) is 6.54. The number of benzene rings is 2. The predicted molar refractivity (Wildman–Crippen MR) is 92.8 cm³/mol. The van der Waals surface area contributed by atoms with Gasteiger partial charge in [0.05, 0.1) is 12.6 Å². The van der Waals surface area contributed by atoms with Crippen LogP contribution in [0.4, 0.5) is 5.69 Å². The lowest BCUT2D eigenvalue weighted by atomic mass is 10.2.